The summed E-state index contributed by atoms with van der Waals surface area (Å²) >= 11 is 1.29. The molecular weight excluding hydrogens is 487 g/mol. The Morgan fingerprint density at radius 2 is 1.65 bits per heavy atom. The molecule has 8 heteroatoms. The van der Waals surface area contributed by atoms with E-state index in [-0.39, 0.29) is 11.6 Å². The molecule has 1 N–H and O–H groups in total. The molecule has 0 spiro atoms. The molecule has 1 heterocycles. The van der Waals surface area contributed by atoms with Gasteiger partial charge in [-0.05, 0) is 61.2 Å². The van der Waals surface area contributed by atoms with Crippen molar-refractivity contribution in [3.63, 3.8) is 0 Å². The molecule has 37 heavy (non-hydrogen) atoms. The maximum Gasteiger partial charge on any atom is 0.238 e. The lowest BCUT2D eigenvalue weighted by molar-refractivity contribution is -0.115. The highest BCUT2D eigenvalue weighted by atomic mass is 32.2. The van der Waals surface area contributed by atoms with Crippen molar-refractivity contribution in [3.8, 4) is 11.4 Å². The number of carbonyl (C=O) groups is 1. The van der Waals surface area contributed by atoms with Gasteiger partial charge in [0.05, 0.1) is 10.9 Å². The van der Waals surface area contributed by atoms with E-state index in [0.29, 0.717) is 23.3 Å². The van der Waals surface area contributed by atoms with Crippen LogP contribution in [0.1, 0.15) is 57.5 Å². The summed E-state index contributed by atoms with van der Waals surface area (Å²) in [4.78, 5) is 13.0. The number of rotatable bonds is 10. The topological polar surface area (TPSA) is 69.0 Å². The fourth-order valence-electron chi connectivity index (χ4n) is 3.85. The zero-order valence-corrected chi connectivity index (χ0v) is 22.2. The first-order valence-corrected chi connectivity index (χ1v) is 13.2. The van der Waals surface area contributed by atoms with Gasteiger partial charge in [0.25, 0.3) is 0 Å². The lowest BCUT2D eigenvalue weighted by Crippen LogP contribution is -2.25. The third-order valence-corrected chi connectivity index (χ3v) is 7.25. The molecule has 0 bridgehead atoms. The van der Waals surface area contributed by atoms with Crippen molar-refractivity contribution in [1.29, 1.82) is 0 Å². The Balaban J connectivity index is 1.60. The Kier molecular flexibility index (Phi) is 8.61. The van der Waals surface area contributed by atoms with Gasteiger partial charge in [0.1, 0.15) is 11.6 Å². The zero-order chi connectivity index (χ0) is 26.4. The first-order chi connectivity index (χ1) is 17.9. The summed E-state index contributed by atoms with van der Waals surface area (Å²) in [6.07, 6.45) is 0.121. The fourth-order valence-corrected chi connectivity index (χ4v) is 4.83. The van der Waals surface area contributed by atoms with Crippen molar-refractivity contribution in [2.75, 3.05) is 5.32 Å². The Labute approximate surface area is 221 Å². The Morgan fingerprint density at radius 3 is 2.30 bits per heavy atom. The van der Waals surface area contributed by atoms with Gasteiger partial charge in [0, 0.05) is 5.69 Å². The third-order valence-electron chi connectivity index (χ3n) is 5.94. The molecule has 0 aliphatic rings. The first-order valence-electron chi connectivity index (χ1n) is 12.4. The van der Waals surface area contributed by atoms with Gasteiger partial charge in [-0.1, -0.05) is 75.0 Å². The predicted molar refractivity (Wildman–Crippen MR) is 146 cm³/mol. The van der Waals surface area contributed by atoms with Gasteiger partial charge < -0.3 is 10.1 Å². The van der Waals surface area contributed by atoms with Crippen molar-refractivity contribution in [2.24, 2.45) is 0 Å². The summed E-state index contributed by atoms with van der Waals surface area (Å²) in [5.41, 5.74) is 2.26. The molecule has 3 aromatic carbocycles. The maximum atomic E-state index is 14.1. The maximum absolute atomic E-state index is 14.1. The first kappa shape index (κ1) is 26.4. The summed E-state index contributed by atoms with van der Waals surface area (Å²) in [5.74, 6) is 1.03. The van der Waals surface area contributed by atoms with E-state index in [9.17, 15) is 9.18 Å². The average molecular weight is 519 g/mol. The van der Waals surface area contributed by atoms with Gasteiger partial charge in [-0.15, -0.1) is 10.2 Å². The highest BCUT2D eigenvalue weighted by Crippen LogP contribution is 2.32. The van der Waals surface area contributed by atoms with Crippen LogP contribution in [0.5, 0.6) is 5.75 Å². The highest BCUT2D eigenvalue weighted by Gasteiger charge is 2.26. The van der Waals surface area contributed by atoms with Gasteiger partial charge in [-0.25, -0.2) is 4.39 Å². The van der Waals surface area contributed by atoms with E-state index in [1.807, 2.05) is 60.9 Å². The number of ether oxygens (including phenoxy) is 1. The minimum Gasteiger partial charge on any atom is -0.483 e. The van der Waals surface area contributed by atoms with Crippen LogP contribution < -0.4 is 10.1 Å². The summed E-state index contributed by atoms with van der Waals surface area (Å²) in [5, 5.41) is 11.6. The summed E-state index contributed by atoms with van der Waals surface area (Å²) in [6, 6.07) is 23.9. The van der Waals surface area contributed by atoms with E-state index in [1.165, 1.54) is 23.4 Å². The van der Waals surface area contributed by atoms with Crippen LogP contribution in [0.3, 0.4) is 0 Å². The number of thioether (sulfide) groups is 1. The normalized spacial score (nSPS) is 12.8. The number of halogens is 1. The van der Waals surface area contributed by atoms with Crippen molar-refractivity contribution in [3.05, 3.63) is 96.1 Å². The average Bonchev–Trinajstić information content (AvgIpc) is 3.33. The number of nitrogens with one attached hydrogen (secondary N) is 1. The quantitative estimate of drug-likeness (QED) is 0.225. The number of carbonyl (C=O) groups excluding carboxylic acids is 1. The monoisotopic (exact) mass is 518 g/mol. The minimum absolute atomic E-state index is 0.155. The second-order valence-electron chi connectivity index (χ2n) is 8.98. The van der Waals surface area contributed by atoms with Crippen LogP contribution >= 0.6 is 11.8 Å². The molecule has 0 aliphatic carbocycles. The molecule has 2 atom stereocenters. The molecular formula is C29H31FN4O2S. The van der Waals surface area contributed by atoms with E-state index < -0.39 is 17.2 Å². The number of para-hydroxylation sites is 2. The molecule has 0 saturated carbocycles. The Bertz CT molecular complexity index is 1330. The zero-order valence-electron chi connectivity index (χ0n) is 21.4. The molecule has 2 unspecified atom stereocenters. The largest absolute Gasteiger partial charge is 0.483 e. The van der Waals surface area contributed by atoms with E-state index >= 15 is 0 Å². The smallest absolute Gasteiger partial charge is 0.238 e. The van der Waals surface area contributed by atoms with Crippen molar-refractivity contribution >= 4 is 23.4 Å². The molecule has 1 aromatic heterocycles. The lowest BCUT2D eigenvalue weighted by Gasteiger charge is -2.19. The standard InChI is InChI=1S/C29H31FN4O2S/c1-5-26(28(35)31-25-14-10-9-13-24(25)30)37-29-33-32-27(34(29)22-11-7-6-8-12-22)20(4)36-23-17-15-21(16-18-23)19(2)3/h6-20,26H,5H2,1-4H3,(H,31,35). The van der Waals surface area contributed by atoms with Crippen LogP contribution in [-0.2, 0) is 4.79 Å². The molecule has 0 aliphatic heterocycles. The highest BCUT2D eigenvalue weighted by molar-refractivity contribution is 8.00. The van der Waals surface area contributed by atoms with Gasteiger partial charge in [0.2, 0.25) is 5.91 Å². The molecule has 4 aromatic rings. The van der Waals surface area contributed by atoms with Crippen LogP contribution in [0.2, 0.25) is 0 Å². The van der Waals surface area contributed by atoms with Crippen LogP contribution in [0.4, 0.5) is 10.1 Å². The number of hydrogen-bond donors (Lipinski definition) is 1. The second-order valence-corrected chi connectivity index (χ2v) is 10.1. The number of amides is 1. The van der Waals surface area contributed by atoms with Gasteiger partial charge in [-0.3, -0.25) is 9.36 Å². The van der Waals surface area contributed by atoms with Crippen LogP contribution in [0.15, 0.2) is 84.0 Å². The molecule has 0 saturated heterocycles. The molecule has 6 nitrogen and oxygen atoms in total. The summed E-state index contributed by atoms with van der Waals surface area (Å²) < 4.78 is 22.2. The van der Waals surface area contributed by atoms with Crippen LogP contribution in [0.25, 0.3) is 5.69 Å². The minimum atomic E-state index is -0.501. The number of hydrogen-bond acceptors (Lipinski definition) is 5. The van der Waals surface area contributed by atoms with E-state index in [1.54, 1.807) is 18.2 Å². The Morgan fingerprint density at radius 1 is 0.973 bits per heavy atom. The number of benzene rings is 3. The molecule has 192 valence electrons. The van der Waals surface area contributed by atoms with Crippen LogP contribution in [0, 0.1) is 5.82 Å². The molecule has 4 rings (SSSR count). The van der Waals surface area contributed by atoms with Crippen molar-refractivity contribution in [1.82, 2.24) is 14.8 Å². The Hall–Kier alpha value is -3.65. The SMILES string of the molecule is CCC(Sc1nnc(C(C)Oc2ccc(C(C)C)cc2)n1-c1ccccc1)C(=O)Nc1ccccc1F. The summed E-state index contributed by atoms with van der Waals surface area (Å²) in [7, 11) is 0. The predicted octanol–water partition coefficient (Wildman–Crippen LogP) is 7.18. The lowest BCUT2D eigenvalue weighted by atomic mass is 10.0. The fraction of sp³-hybridized carbons (Fsp3) is 0.276. The molecule has 1 amide bonds. The van der Waals surface area contributed by atoms with Crippen LogP contribution in [-0.4, -0.2) is 25.9 Å². The van der Waals surface area contributed by atoms with Crippen molar-refractivity contribution < 1.29 is 13.9 Å². The van der Waals surface area contributed by atoms with E-state index in [2.05, 4.69) is 41.5 Å². The third kappa shape index (κ3) is 6.38. The van der Waals surface area contributed by atoms with Crippen molar-refractivity contribution in [2.45, 2.75) is 56.5 Å². The van der Waals surface area contributed by atoms with E-state index in [0.717, 1.165) is 11.4 Å². The second kappa shape index (κ2) is 12.1. The summed E-state index contributed by atoms with van der Waals surface area (Å²) in [6.45, 7) is 8.14. The number of anilines is 1. The van der Waals surface area contributed by atoms with Gasteiger partial charge in [-0.2, -0.15) is 0 Å². The van der Waals surface area contributed by atoms with Gasteiger partial charge in [0.15, 0.2) is 17.1 Å². The number of nitrogens with zero attached hydrogens (tertiary/aromatic N) is 3. The van der Waals surface area contributed by atoms with Gasteiger partial charge >= 0.3 is 0 Å². The van der Waals surface area contributed by atoms with E-state index in [4.69, 9.17) is 4.74 Å². The number of aromatic nitrogens is 3. The molecule has 0 fully saturated rings. The molecule has 0 radical (unpaired) electrons.